The highest BCUT2D eigenvalue weighted by molar-refractivity contribution is 4.72. The molecular weight excluding hydrogens is 148 g/mol. The molecule has 0 aromatic carbocycles. The van der Waals surface area contributed by atoms with E-state index in [1.54, 1.807) is 0 Å². The van der Waals surface area contributed by atoms with Crippen LogP contribution in [0.25, 0.3) is 0 Å². The van der Waals surface area contributed by atoms with Gasteiger partial charge in [-0.2, -0.15) is 0 Å². The standard InChI is InChI=1S/C10H22N2/c1-3-9-12(11-2)10-7-5-4-6-8-10/h10-11H,3-9H2,1-2H3. The van der Waals surface area contributed by atoms with Gasteiger partial charge in [-0.25, -0.2) is 5.01 Å². The number of rotatable bonds is 4. The Morgan fingerprint density at radius 2 is 1.92 bits per heavy atom. The van der Waals surface area contributed by atoms with Crippen molar-refractivity contribution >= 4 is 0 Å². The van der Waals surface area contributed by atoms with Crippen molar-refractivity contribution in [3.63, 3.8) is 0 Å². The lowest BCUT2D eigenvalue weighted by Gasteiger charge is -2.33. The zero-order valence-electron chi connectivity index (χ0n) is 8.47. The van der Waals surface area contributed by atoms with Crippen molar-refractivity contribution in [2.75, 3.05) is 13.6 Å². The summed E-state index contributed by atoms with van der Waals surface area (Å²) in [5.74, 6) is 0. The molecular formula is C10H22N2. The van der Waals surface area contributed by atoms with Gasteiger partial charge in [0.25, 0.3) is 0 Å². The van der Waals surface area contributed by atoms with Gasteiger partial charge >= 0.3 is 0 Å². The van der Waals surface area contributed by atoms with Crippen LogP contribution in [-0.2, 0) is 0 Å². The van der Waals surface area contributed by atoms with Crippen LogP contribution in [0.5, 0.6) is 0 Å². The molecule has 0 spiro atoms. The molecule has 72 valence electrons. The largest absolute Gasteiger partial charge is 0.258 e. The first-order chi connectivity index (χ1) is 5.88. The van der Waals surface area contributed by atoms with E-state index in [1.807, 2.05) is 7.05 Å². The maximum atomic E-state index is 3.31. The number of hydrazine groups is 1. The van der Waals surface area contributed by atoms with E-state index in [1.165, 1.54) is 45.1 Å². The van der Waals surface area contributed by atoms with Gasteiger partial charge in [0, 0.05) is 12.6 Å². The van der Waals surface area contributed by atoms with Crippen LogP contribution in [0, 0.1) is 0 Å². The van der Waals surface area contributed by atoms with E-state index in [0.717, 1.165) is 6.04 Å². The fourth-order valence-corrected chi connectivity index (χ4v) is 2.11. The summed E-state index contributed by atoms with van der Waals surface area (Å²) in [7, 11) is 2.05. The van der Waals surface area contributed by atoms with Gasteiger partial charge in [0.1, 0.15) is 0 Å². The Balaban J connectivity index is 2.29. The van der Waals surface area contributed by atoms with Crippen LogP contribution in [0.3, 0.4) is 0 Å². The van der Waals surface area contributed by atoms with E-state index in [-0.39, 0.29) is 0 Å². The second-order valence-corrected chi connectivity index (χ2v) is 3.71. The highest BCUT2D eigenvalue weighted by atomic mass is 15.5. The third-order valence-electron chi connectivity index (χ3n) is 2.77. The molecule has 0 bridgehead atoms. The molecule has 1 fully saturated rings. The molecule has 0 heterocycles. The summed E-state index contributed by atoms with van der Waals surface area (Å²) in [5.41, 5.74) is 3.31. The van der Waals surface area contributed by atoms with Crippen LogP contribution in [0.1, 0.15) is 45.4 Å². The van der Waals surface area contributed by atoms with Crippen molar-refractivity contribution in [2.24, 2.45) is 0 Å². The van der Waals surface area contributed by atoms with Gasteiger partial charge in [0.05, 0.1) is 0 Å². The van der Waals surface area contributed by atoms with E-state index < -0.39 is 0 Å². The lowest BCUT2D eigenvalue weighted by Crippen LogP contribution is -2.44. The maximum absolute atomic E-state index is 3.31. The smallest absolute Gasteiger partial charge is 0.0243 e. The van der Waals surface area contributed by atoms with Gasteiger partial charge < -0.3 is 0 Å². The molecule has 0 aromatic heterocycles. The predicted molar refractivity (Wildman–Crippen MR) is 52.9 cm³/mol. The summed E-state index contributed by atoms with van der Waals surface area (Å²) in [6.45, 7) is 3.44. The number of hydrogen-bond donors (Lipinski definition) is 1. The van der Waals surface area contributed by atoms with Crippen molar-refractivity contribution in [1.29, 1.82) is 0 Å². The average Bonchev–Trinajstić information content (AvgIpc) is 2.15. The second-order valence-electron chi connectivity index (χ2n) is 3.71. The first kappa shape index (κ1) is 10.0. The highest BCUT2D eigenvalue weighted by Gasteiger charge is 2.18. The molecule has 0 aliphatic heterocycles. The summed E-state index contributed by atoms with van der Waals surface area (Å²) in [5, 5.41) is 2.42. The molecule has 1 aliphatic rings. The molecule has 0 atom stereocenters. The van der Waals surface area contributed by atoms with Crippen molar-refractivity contribution in [2.45, 2.75) is 51.5 Å². The minimum absolute atomic E-state index is 0.809. The average molecular weight is 170 g/mol. The molecule has 0 unspecified atom stereocenters. The van der Waals surface area contributed by atoms with Crippen molar-refractivity contribution in [3.8, 4) is 0 Å². The molecule has 0 saturated heterocycles. The molecule has 2 heteroatoms. The summed E-state index contributed by atoms with van der Waals surface area (Å²) in [6, 6.07) is 0.809. The van der Waals surface area contributed by atoms with Crippen LogP contribution in [-0.4, -0.2) is 24.6 Å². The minimum Gasteiger partial charge on any atom is -0.258 e. The Morgan fingerprint density at radius 1 is 1.25 bits per heavy atom. The van der Waals surface area contributed by atoms with E-state index in [9.17, 15) is 0 Å². The van der Waals surface area contributed by atoms with Crippen molar-refractivity contribution < 1.29 is 0 Å². The third-order valence-corrected chi connectivity index (χ3v) is 2.77. The zero-order valence-corrected chi connectivity index (χ0v) is 8.47. The van der Waals surface area contributed by atoms with Gasteiger partial charge in [-0.3, -0.25) is 5.43 Å². The Kier molecular flexibility index (Phi) is 4.62. The Bertz CT molecular complexity index is 106. The fraction of sp³-hybridized carbons (Fsp3) is 1.00. The first-order valence-electron chi connectivity index (χ1n) is 5.32. The van der Waals surface area contributed by atoms with Crippen molar-refractivity contribution in [1.82, 2.24) is 10.4 Å². The van der Waals surface area contributed by atoms with Crippen LogP contribution in [0.2, 0.25) is 0 Å². The molecule has 1 saturated carbocycles. The summed E-state index contributed by atoms with van der Waals surface area (Å²) < 4.78 is 0. The van der Waals surface area contributed by atoms with Crippen molar-refractivity contribution in [3.05, 3.63) is 0 Å². The first-order valence-corrected chi connectivity index (χ1v) is 5.32. The van der Waals surface area contributed by atoms with E-state index in [4.69, 9.17) is 0 Å². The SMILES string of the molecule is CCCN(NC)C1CCCCC1. The van der Waals surface area contributed by atoms with Gasteiger partial charge in [0.2, 0.25) is 0 Å². The number of hydrogen-bond acceptors (Lipinski definition) is 2. The highest BCUT2D eigenvalue weighted by Crippen LogP contribution is 2.21. The van der Waals surface area contributed by atoms with E-state index >= 15 is 0 Å². The molecule has 1 aliphatic carbocycles. The lowest BCUT2D eigenvalue weighted by atomic mass is 9.95. The summed E-state index contributed by atoms with van der Waals surface area (Å²) in [6.07, 6.45) is 8.32. The lowest BCUT2D eigenvalue weighted by molar-refractivity contribution is 0.108. The molecule has 12 heavy (non-hydrogen) atoms. The van der Waals surface area contributed by atoms with Crippen LogP contribution < -0.4 is 5.43 Å². The quantitative estimate of drug-likeness (QED) is 0.650. The predicted octanol–water partition coefficient (Wildman–Crippen LogP) is 2.17. The van der Waals surface area contributed by atoms with Crippen LogP contribution in [0.15, 0.2) is 0 Å². The maximum Gasteiger partial charge on any atom is 0.0243 e. The van der Waals surface area contributed by atoms with E-state index in [0.29, 0.717) is 0 Å². The van der Waals surface area contributed by atoms with Crippen LogP contribution in [0.4, 0.5) is 0 Å². The third kappa shape index (κ3) is 2.76. The van der Waals surface area contributed by atoms with Gasteiger partial charge in [-0.15, -0.1) is 0 Å². The molecule has 0 amide bonds. The van der Waals surface area contributed by atoms with Crippen LogP contribution >= 0.6 is 0 Å². The Morgan fingerprint density at radius 3 is 2.42 bits per heavy atom. The Labute approximate surface area is 76.3 Å². The molecule has 1 rings (SSSR count). The second kappa shape index (κ2) is 5.55. The topological polar surface area (TPSA) is 15.3 Å². The van der Waals surface area contributed by atoms with Gasteiger partial charge in [-0.05, 0) is 26.3 Å². The molecule has 0 radical (unpaired) electrons. The zero-order chi connectivity index (χ0) is 8.81. The molecule has 0 aromatic rings. The molecule has 2 nitrogen and oxygen atoms in total. The molecule has 1 N–H and O–H groups in total. The minimum atomic E-state index is 0.809. The number of nitrogens with one attached hydrogen (secondary N) is 1. The normalized spacial score (nSPS) is 20.2. The Hall–Kier alpha value is -0.0800. The van der Waals surface area contributed by atoms with Gasteiger partial charge in [0.15, 0.2) is 0 Å². The van der Waals surface area contributed by atoms with Gasteiger partial charge in [-0.1, -0.05) is 26.2 Å². The number of nitrogens with zero attached hydrogens (tertiary/aromatic N) is 1. The summed E-state index contributed by atoms with van der Waals surface area (Å²) in [4.78, 5) is 0. The van der Waals surface area contributed by atoms with E-state index in [2.05, 4.69) is 17.4 Å². The summed E-state index contributed by atoms with van der Waals surface area (Å²) >= 11 is 0. The fourth-order valence-electron chi connectivity index (χ4n) is 2.11. The monoisotopic (exact) mass is 170 g/mol.